The largest absolute Gasteiger partial charge is 0.469 e. The number of hydrogen-bond donors (Lipinski definition) is 1. The van der Waals surface area contributed by atoms with Gasteiger partial charge in [-0.3, -0.25) is 4.79 Å². The molecule has 0 bridgehead atoms. The van der Waals surface area contributed by atoms with E-state index in [1.54, 1.807) is 18.2 Å². The molecule has 17 heavy (non-hydrogen) atoms. The second-order valence-electron chi connectivity index (χ2n) is 4.78. The molecule has 0 saturated carbocycles. The van der Waals surface area contributed by atoms with Gasteiger partial charge in [-0.25, -0.2) is 0 Å². The Morgan fingerprint density at radius 1 is 1.59 bits per heavy atom. The highest BCUT2D eigenvalue weighted by Gasteiger charge is 2.32. The monoisotopic (exact) mass is 238 g/mol. The summed E-state index contributed by atoms with van der Waals surface area (Å²) in [7, 11) is 1.80. The van der Waals surface area contributed by atoms with Crippen molar-refractivity contribution in [2.24, 2.45) is 11.1 Å². The van der Waals surface area contributed by atoms with Gasteiger partial charge in [-0.15, -0.1) is 0 Å². The van der Waals surface area contributed by atoms with Crippen LogP contribution in [-0.4, -0.2) is 24.4 Å². The number of furan rings is 1. The molecule has 1 aromatic heterocycles. The maximum atomic E-state index is 12.3. The van der Waals surface area contributed by atoms with Gasteiger partial charge in [0.2, 0.25) is 5.91 Å². The minimum absolute atomic E-state index is 0.0862. The maximum Gasteiger partial charge on any atom is 0.229 e. The van der Waals surface area contributed by atoms with Crippen LogP contribution in [-0.2, 0) is 11.3 Å². The average Bonchev–Trinajstić information content (AvgIpc) is 2.73. The molecular weight excluding hydrogens is 216 g/mol. The van der Waals surface area contributed by atoms with Crippen molar-refractivity contribution in [3.05, 3.63) is 23.7 Å². The molecular formula is C13H22N2O2. The minimum Gasteiger partial charge on any atom is -0.469 e. The summed E-state index contributed by atoms with van der Waals surface area (Å²) < 4.78 is 5.22. The standard InChI is InChI=1S/C13H22N2O2/c1-5-13(3,9-14)12(16)15(4)8-11-6-7-17-10(11)2/h6-7H,5,8-9,14H2,1-4H3. The van der Waals surface area contributed by atoms with Gasteiger partial charge in [0.05, 0.1) is 11.7 Å². The summed E-state index contributed by atoms with van der Waals surface area (Å²) >= 11 is 0. The van der Waals surface area contributed by atoms with Gasteiger partial charge in [0.1, 0.15) is 5.76 Å². The van der Waals surface area contributed by atoms with Crippen LogP contribution in [0, 0.1) is 12.3 Å². The lowest BCUT2D eigenvalue weighted by molar-refractivity contribution is -0.140. The molecule has 1 rings (SSSR count). The highest BCUT2D eigenvalue weighted by molar-refractivity contribution is 5.82. The Morgan fingerprint density at radius 2 is 2.24 bits per heavy atom. The smallest absolute Gasteiger partial charge is 0.229 e. The van der Waals surface area contributed by atoms with Crippen molar-refractivity contribution in [2.45, 2.75) is 33.7 Å². The van der Waals surface area contributed by atoms with Crippen LogP contribution in [0.4, 0.5) is 0 Å². The minimum atomic E-state index is -0.466. The van der Waals surface area contributed by atoms with Crippen LogP contribution in [0.5, 0.6) is 0 Å². The molecule has 1 amide bonds. The Bertz CT molecular complexity index is 381. The van der Waals surface area contributed by atoms with Gasteiger partial charge in [-0.05, 0) is 26.3 Å². The third-order valence-corrected chi connectivity index (χ3v) is 3.47. The van der Waals surface area contributed by atoms with Gasteiger partial charge < -0.3 is 15.1 Å². The van der Waals surface area contributed by atoms with Crippen molar-refractivity contribution in [2.75, 3.05) is 13.6 Å². The van der Waals surface area contributed by atoms with E-state index in [1.807, 2.05) is 26.8 Å². The van der Waals surface area contributed by atoms with Gasteiger partial charge in [-0.2, -0.15) is 0 Å². The van der Waals surface area contributed by atoms with E-state index in [-0.39, 0.29) is 5.91 Å². The Labute approximate surface area is 103 Å². The Hall–Kier alpha value is -1.29. The first-order valence-corrected chi connectivity index (χ1v) is 5.93. The van der Waals surface area contributed by atoms with E-state index < -0.39 is 5.41 Å². The lowest BCUT2D eigenvalue weighted by atomic mass is 9.86. The zero-order valence-electron chi connectivity index (χ0n) is 11.1. The molecule has 4 nitrogen and oxygen atoms in total. The summed E-state index contributed by atoms with van der Waals surface area (Å²) in [6.07, 6.45) is 2.39. The van der Waals surface area contributed by atoms with E-state index in [4.69, 9.17) is 10.2 Å². The highest BCUT2D eigenvalue weighted by Crippen LogP contribution is 2.23. The number of rotatable bonds is 5. The molecule has 0 saturated heterocycles. The molecule has 2 N–H and O–H groups in total. The molecule has 1 aromatic rings. The molecule has 0 aromatic carbocycles. The van der Waals surface area contributed by atoms with Gasteiger partial charge in [0.15, 0.2) is 0 Å². The summed E-state index contributed by atoms with van der Waals surface area (Å²) in [5.41, 5.74) is 6.27. The van der Waals surface area contributed by atoms with Crippen LogP contribution in [0.3, 0.4) is 0 Å². The summed E-state index contributed by atoms with van der Waals surface area (Å²) in [4.78, 5) is 14.0. The molecule has 1 unspecified atom stereocenters. The number of nitrogens with two attached hydrogens (primary N) is 1. The molecule has 1 atom stereocenters. The number of amides is 1. The molecule has 0 aliphatic carbocycles. The molecule has 0 fully saturated rings. The first-order chi connectivity index (χ1) is 7.94. The van der Waals surface area contributed by atoms with E-state index in [0.29, 0.717) is 13.1 Å². The Balaban J connectivity index is 2.74. The van der Waals surface area contributed by atoms with Gasteiger partial charge in [0.25, 0.3) is 0 Å². The van der Waals surface area contributed by atoms with E-state index in [1.165, 1.54) is 0 Å². The fourth-order valence-corrected chi connectivity index (χ4v) is 1.75. The van der Waals surface area contributed by atoms with E-state index >= 15 is 0 Å². The number of carbonyl (C=O) groups is 1. The van der Waals surface area contributed by atoms with Crippen molar-refractivity contribution >= 4 is 5.91 Å². The van der Waals surface area contributed by atoms with Crippen molar-refractivity contribution in [3.63, 3.8) is 0 Å². The average molecular weight is 238 g/mol. The Kier molecular flexibility index (Phi) is 4.34. The Morgan fingerprint density at radius 3 is 2.65 bits per heavy atom. The second kappa shape index (κ2) is 5.36. The summed E-state index contributed by atoms with van der Waals surface area (Å²) in [5, 5.41) is 0. The molecule has 0 radical (unpaired) electrons. The highest BCUT2D eigenvalue weighted by atomic mass is 16.3. The van der Waals surface area contributed by atoms with Crippen LogP contribution in [0.25, 0.3) is 0 Å². The van der Waals surface area contributed by atoms with Crippen LogP contribution in [0.15, 0.2) is 16.7 Å². The van der Waals surface area contributed by atoms with Crippen molar-refractivity contribution in [3.8, 4) is 0 Å². The summed E-state index contributed by atoms with van der Waals surface area (Å²) in [6, 6.07) is 1.89. The van der Waals surface area contributed by atoms with Crippen molar-refractivity contribution < 1.29 is 9.21 Å². The third-order valence-electron chi connectivity index (χ3n) is 3.47. The predicted octanol–water partition coefficient (Wildman–Crippen LogP) is 1.92. The molecule has 1 heterocycles. The molecule has 0 spiro atoms. The first-order valence-electron chi connectivity index (χ1n) is 5.93. The van der Waals surface area contributed by atoms with Gasteiger partial charge in [0, 0.05) is 25.7 Å². The molecule has 0 aliphatic rings. The fraction of sp³-hybridized carbons (Fsp3) is 0.615. The van der Waals surface area contributed by atoms with Crippen LogP contribution in [0.2, 0.25) is 0 Å². The van der Waals surface area contributed by atoms with Crippen LogP contribution >= 0.6 is 0 Å². The topological polar surface area (TPSA) is 59.5 Å². The van der Waals surface area contributed by atoms with Gasteiger partial charge >= 0.3 is 0 Å². The van der Waals surface area contributed by atoms with Crippen LogP contribution in [0.1, 0.15) is 31.6 Å². The summed E-state index contributed by atoms with van der Waals surface area (Å²) in [6.45, 7) is 6.74. The normalized spacial score (nSPS) is 14.4. The van der Waals surface area contributed by atoms with E-state index in [9.17, 15) is 4.79 Å². The lowest BCUT2D eigenvalue weighted by Crippen LogP contribution is -2.44. The number of carbonyl (C=O) groups excluding carboxylic acids is 1. The number of nitrogens with zero attached hydrogens (tertiary/aromatic N) is 1. The number of hydrogen-bond acceptors (Lipinski definition) is 3. The van der Waals surface area contributed by atoms with Crippen molar-refractivity contribution in [1.29, 1.82) is 0 Å². The fourth-order valence-electron chi connectivity index (χ4n) is 1.75. The number of aryl methyl sites for hydroxylation is 1. The molecule has 4 heteroatoms. The maximum absolute atomic E-state index is 12.3. The van der Waals surface area contributed by atoms with E-state index in [2.05, 4.69) is 0 Å². The lowest BCUT2D eigenvalue weighted by Gasteiger charge is -2.30. The van der Waals surface area contributed by atoms with Crippen LogP contribution < -0.4 is 5.73 Å². The SMILES string of the molecule is CCC(C)(CN)C(=O)N(C)Cc1ccoc1C. The quantitative estimate of drug-likeness (QED) is 0.852. The summed E-state index contributed by atoms with van der Waals surface area (Å²) in [5.74, 6) is 0.943. The zero-order valence-corrected chi connectivity index (χ0v) is 11.1. The zero-order chi connectivity index (χ0) is 13.1. The van der Waals surface area contributed by atoms with E-state index in [0.717, 1.165) is 17.7 Å². The first kappa shape index (κ1) is 13.8. The second-order valence-corrected chi connectivity index (χ2v) is 4.78. The van der Waals surface area contributed by atoms with Crippen molar-refractivity contribution in [1.82, 2.24) is 4.90 Å². The molecule has 96 valence electrons. The predicted molar refractivity (Wildman–Crippen MR) is 67.4 cm³/mol. The third kappa shape index (κ3) is 2.88. The molecule has 0 aliphatic heterocycles. The van der Waals surface area contributed by atoms with Gasteiger partial charge in [-0.1, -0.05) is 6.92 Å².